The molecule has 0 spiro atoms. The molecule has 0 aliphatic carbocycles. The number of rotatable bonds is 7. The summed E-state index contributed by atoms with van der Waals surface area (Å²) in [6.45, 7) is 6.84. The van der Waals surface area contributed by atoms with Crippen LogP contribution in [0.1, 0.15) is 56.8 Å². The molecule has 0 amide bonds. The summed E-state index contributed by atoms with van der Waals surface area (Å²) >= 11 is 0. The molecule has 1 N–H and O–H groups in total. The number of hydrogen-bond acceptors (Lipinski definition) is 1. The van der Waals surface area contributed by atoms with E-state index in [0.717, 1.165) is 0 Å². The summed E-state index contributed by atoms with van der Waals surface area (Å²) in [5, 5.41) is 3.89. The maximum Gasteiger partial charge on any atom is 0.0348 e. The van der Waals surface area contributed by atoms with Gasteiger partial charge in [-0.3, -0.25) is 0 Å². The van der Waals surface area contributed by atoms with Gasteiger partial charge in [0.1, 0.15) is 0 Å². The Morgan fingerprint density at radius 3 is 1.81 bits per heavy atom. The zero-order chi connectivity index (χ0) is 15.1. The van der Waals surface area contributed by atoms with E-state index in [9.17, 15) is 0 Å². The van der Waals surface area contributed by atoms with Crippen LogP contribution in [0.2, 0.25) is 0 Å². The molecule has 21 heavy (non-hydrogen) atoms. The molecule has 2 unspecified atom stereocenters. The van der Waals surface area contributed by atoms with Gasteiger partial charge in [-0.25, -0.2) is 0 Å². The van der Waals surface area contributed by atoms with Crippen LogP contribution in [0.4, 0.5) is 0 Å². The quantitative estimate of drug-likeness (QED) is 0.705. The normalized spacial score (nSPS) is 14.1. The minimum Gasteiger partial charge on any atom is -0.303 e. The van der Waals surface area contributed by atoms with Gasteiger partial charge in [-0.2, -0.15) is 0 Å². The average molecular weight is 281 g/mol. The van der Waals surface area contributed by atoms with Crippen molar-refractivity contribution in [3.63, 3.8) is 0 Å². The van der Waals surface area contributed by atoms with Gasteiger partial charge < -0.3 is 5.32 Å². The van der Waals surface area contributed by atoms with Crippen LogP contribution in [0, 0.1) is 5.92 Å². The van der Waals surface area contributed by atoms with Crippen LogP contribution in [0.15, 0.2) is 60.7 Å². The van der Waals surface area contributed by atoms with E-state index in [1.165, 1.54) is 24.0 Å². The molecule has 0 saturated heterocycles. The maximum atomic E-state index is 3.89. The molecule has 0 fully saturated rings. The van der Waals surface area contributed by atoms with Crippen LogP contribution >= 0.6 is 0 Å². The average Bonchev–Trinajstić information content (AvgIpc) is 2.52. The lowest BCUT2D eigenvalue weighted by Crippen LogP contribution is -2.30. The highest BCUT2D eigenvalue weighted by Gasteiger charge is 2.20. The van der Waals surface area contributed by atoms with Gasteiger partial charge in [-0.1, -0.05) is 87.9 Å². The smallest absolute Gasteiger partial charge is 0.0348 e. The molecule has 2 atom stereocenters. The SMILES string of the molecule is CCCC(NC(c1ccccc1)C(C)C)c1ccccc1. The van der Waals surface area contributed by atoms with Crippen molar-refractivity contribution in [2.24, 2.45) is 5.92 Å². The van der Waals surface area contributed by atoms with Gasteiger partial charge in [0.2, 0.25) is 0 Å². The Kier molecular flexibility index (Phi) is 6.01. The Balaban J connectivity index is 2.21. The maximum absolute atomic E-state index is 3.89. The first-order valence-electron chi connectivity index (χ1n) is 8.08. The van der Waals surface area contributed by atoms with Gasteiger partial charge in [0.15, 0.2) is 0 Å². The monoisotopic (exact) mass is 281 g/mol. The Hall–Kier alpha value is -1.60. The van der Waals surface area contributed by atoms with E-state index >= 15 is 0 Å². The van der Waals surface area contributed by atoms with Gasteiger partial charge in [-0.05, 0) is 23.5 Å². The van der Waals surface area contributed by atoms with Gasteiger partial charge in [-0.15, -0.1) is 0 Å². The predicted octanol–water partition coefficient (Wildman–Crippen LogP) is 5.51. The van der Waals surface area contributed by atoms with Crippen LogP contribution in [0.25, 0.3) is 0 Å². The summed E-state index contributed by atoms with van der Waals surface area (Å²) in [4.78, 5) is 0. The van der Waals surface area contributed by atoms with Crippen molar-refractivity contribution in [2.75, 3.05) is 0 Å². The Bertz CT molecular complexity index is 504. The minimum atomic E-state index is 0.392. The van der Waals surface area contributed by atoms with Crippen molar-refractivity contribution in [1.82, 2.24) is 5.32 Å². The van der Waals surface area contributed by atoms with Gasteiger partial charge in [0.05, 0.1) is 0 Å². The predicted molar refractivity (Wildman–Crippen MR) is 91.2 cm³/mol. The van der Waals surface area contributed by atoms with Gasteiger partial charge >= 0.3 is 0 Å². The van der Waals surface area contributed by atoms with Gasteiger partial charge in [0, 0.05) is 12.1 Å². The molecule has 0 aliphatic heterocycles. The van der Waals surface area contributed by atoms with Crippen LogP contribution < -0.4 is 5.32 Å². The zero-order valence-corrected chi connectivity index (χ0v) is 13.4. The second-order valence-electron chi connectivity index (χ2n) is 6.05. The first-order chi connectivity index (χ1) is 10.2. The molecular weight excluding hydrogens is 254 g/mol. The Labute approximate surface area is 129 Å². The Morgan fingerprint density at radius 1 is 0.810 bits per heavy atom. The van der Waals surface area contributed by atoms with E-state index in [0.29, 0.717) is 18.0 Å². The van der Waals surface area contributed by atoms with Gasteiger partial charge in [0.25, 0.3) is 0 Å². The fourth-order valence-electron chi connectivity index (χ4n) is 2.87. The largest absolute Gasteiger partial charge is 0.303 e. The third-order valence-corrected chi connectivity index (χ3v) is 3.99. The highest BCUT2D eigenvalue weighted by Crippen LogP contribution is 2.28. The summed E-state index contributed by atoms with van der Waals surface area (Å²) in [7, 11) is 0. The molecule has 0 bridgehead atoms. The summed E-state index contributed by atoms with van der Waals surface area (Å²) in [5.74, 6) is 0.565. The number of nitrogens with one attached hydrogen (secondary N) is 1. The lowest BCUT2D eigenvalue weighted by molar-refractivity contribution is 0.350. The van der Waals surface area contributed by atoms with Crippen LogP contribution in [0.3, 0.4) is 0 Å². The van der Waals surface area contributed by atoms with Crippen LogP contribution in [-0.2, 0) is 0 Å². The fourth-order valence-corrected chi connectivity index (χ4v) is 2.87. The number of benzene rings is 2. The molecule has 2 aromatic rings. The summed E-state index contributed by atoms with van der Waals surface area (Å²) < 4.78 is 0. The molecule has 0 aromatic heterocycles. The topological polar surface area (TPSA) is 12.0 Å². The van der Waals surface area contributed by atoms with E-state index in [2.05, 4.69) is 86.8 Å². The van der Waals surface area contributed by atoms with E-state index in [1.807, 2.05) is 0 Å². The molecule has 2 rings (SSSR count). The lowest BCUT2D eigenvalue weighted by Gasteiger charge is -2.29. The third kappa shape index (κ3) is 4.44. The van der Waals surface area contributed by atoms with Crippen LogP contribution in [-0.4, -0.2) is 0 Å². The van der Waals surface area contributed by atoms with E-state index in [-0.39, 0.29) is 0 Å². The molecule has 0 radical (unpaired) electrons. The summed E-state index contributed by atoms with van der Waals surface area (Å²) in [6.07, 6.45) is 2.35. The molecule has 1 nitrogen and oxygen atoms in total. The van der Waals surface area contributed by atoms with Crippen molar-refractivity contribution in [3.05, 3.63) is 71.8 Å². The molecule has 0 aliphatic rings. The van der Waals surface area contributed by atoms with Crippen LogP contribution in [0.5, 0.6) is 0 Å². The van der Waals surface area contributed by atoms with Crippen molar-refractivity contribution >= 4 is 0 Å². The van der Waals surface area contributed by atoms with Crippen molar-refractivity contribution in [2.45, 2.75) is 45.7 Å². The fraction of sp³-hybridized carbons (Fsp3) is 0.400. The molecule has 1 heteroatoms. The Morgan fingerprint density at radius 2 is 1.33 bits per heavy atom. The molecule has 0 heterocycles. The van der Waals surface area contributed by atoms with E-state index in [4.69, 9.17) is 0 Å². The highest BCUT2D eigenvalue weighted by molar-refractivity contribution is 5.23. The summed E-state index contributed by atoms with van der Waals surface area (Å²) in [5.41, 5.74) is 2.77. The molecule has 2 aromatic carbocycles. The molecular formula is C20H27N. The minimum absolute atomic E-state index is 0.392. The molecule has 0 saturated carbocycles. The van der Waals surface area contributed by atoms with E-state index in [1.54, 1.807) is 0 Å². The van der Waals surface area contributed by atoms with E-state index < -0.39 is 0 Å². The van der Waals surface area contributed by atoms with Crippen molar-refractivity contribution in [3.8, 4) is 0 Å². The first kappa shape index (κ1) is 15.8. The highest BCUT2D eigenvalue weighted by atomic mass is 15.0. The standard InChI is InChI=1S/C20H27N/c1-4-11-19(17-12-7-5-8-13-17)21-20(16(2)3)18-14-9-6-10-15-18/h5-10,12-16,19-21H,4,11H2,1-3H3. The van der Waals surface area contributed by atoms with Crippen molar-refractivity contribution in [1.29, 1.82) is 0 Å². The third-order valence-electron chi connectivity index (χ3n) is 3.99. The first-order valence-corrected chi connectivity index (χ1v) is 8.08. The van der Waals surface area contributed by atoms with Crippen molar-refractivity contribution < 1.29 is 0 Å². The zero-order valence-electron chi connectivity index (χ0n) is 13.4. The second-order valence-corrected chi connectivity index (χ2v) is 6.05. The molecule has 112 valence electrons. The summed E-state index contributed by atoms with van der Waals surface area (Å²) in [6, 6.07) is 22.4. The lowest BCUT2D eigenvalue weighted by atomic mass is 9.93. The second kappa shape index (κ2) is 7.99. The number of hydrogen-bond donors (Lipinski definition) is 1.